The average Bonchev–Trinajstić information content (AvgIpc) is 2.79. The van der Waals surface area contributed by atoms with Crippen LogP contribution in [0.3, 0.4) is 0 Å². The Morgan fingerprint density at radius 1 is 0.871 bits per heavy atom. The first-order chi connectivity index (χ1) is 14.9. The molecule has 1 atom stereocenters. The first-order valence-electron chi connectivity index (χ1n) is 10.6. The molecule has 0 heterocycles. The van der Waals surface area contributed by atoms with Gasteiger partial charge >= 0.3 is 0 Å². The van der Waals surface area contributed by atoms with Crippen LogP contribution in [0.4, 0.5) is 13.2 Å². The monoisotopic (exact) mass is 426 g/mol. The van der Waals surface area contributed by atoms with Crippen LogP contribution in [-0.2, 0) is 0 Å². The molecule has 3 aromatic rings. The van der Waals surface area contributed by atoms with E-state index >= 15 is 0 Å². The lowest BCUT2D eigenvalue weighted by molar-refractivity contribution is -0.0737. The van der Waals surface area contributed by atoms with E-state index in [4.69, 9.17) is 4.74 Å². The summed E-state index contributed by atoms with van der Waals surface area (Å²) >= 11 is 0. The van der Waals surface area contributed by atoms with E-state index in [9.17, 15) is 18.3 Å². The smallest absolute Gasteiger partial charge is 0.200 e. The molecule has 0 radical (unpaired) electrons. The van der Waals surface area contributed by atoms with Gasteiger partial charge in [-0.15, -0.1) is 0 Å². The molecule has 0 spiro atoms. The summed E-state index contributed by atoms with van der Waals surface area (Å²) < 4.78 is 48.8. The Labute approximate surface area is 180 Å². The van der Waals surface area contributed by atoms with Gasteiger partial charge in [0.25, 0.3) is 0 Å². The minimum Gasteiger partial charge on any atom is -0.465 e. The molecule has 0 aromatic heterocycles. The van der Waals surface area contributed by atoms with Gasteiger partial charge in [-0.3, -0.25) is 0 Å². The topological polar surface area (TPSA) is 29.5 Å². The van der Waals surface area contributed by atoms with Crippen LogP contribution in [0.2, 0.25) is 0 Å². The van der Waals surface area contributed by atoms with E-state index in [0.717, 1.165) is 0 Å². The molecule has 31 heavy (non-hydrogen) atoms. The largest absolute Gasteiger partial charge is 0.465 e. The summed E-state index contributed by atoms with van der Waals surface area (Å²) in [5.41, 5.74) is 1.79. The van der Waals surface area contributed by atoms with Gasteiger partial charge in [-0.2, -0.15) is 0 Å². The van der Waals surface area contributed by atoms with Gasteiger partial charge in [-0.1, -0.05) is 48.5 Å². The van der Waals surface area contributed by atoms with Crippen LogP contribution in [0.5, 0.6) is 5.75 Å². The number of benzene rings is 3. The molecule has 5 heteroatoms. The fourth-order valence-corrected chi connectivity index (χ4v) is 4.32. The maximum absolute atomic E-state index is 14.9. The summed E-state index contributed by atoms with van der Waals surface area (Å²) in [5.74, 6) is -1.98. The zero-order chi connectivity index (χ0) is 22.0. The van der Waals surface area contributed by atoms with Crippen LogP contribution < -0.4 is 4.74 Å². The number of hydrogen-bond acceptors (Lipinski definition) is 2. The van der Waals surface area contributed by atoms with Gasteiger partial charge in [-0.25, -0.2) is 13.2 Å². The standard InChI is InChI=1S/C26H25F3O2/c1-16-7-12-20(15-23(16)27)31-26(30)19-10-8-18(9-11-19)22-14-13-21(24(28)25(22)29)17-5-3-2-4-6-17/h2-7,12-15,18-19,26,30H,8-11H2,1H3. The molecule has 2 nitrogen and oxygen atoms in total. The summed E-state index contributed by atoms with van der Waals surface area (Å²) in [4.78, 5) is 0. The van der Waals surface area contributed by atoms with E-state index in [-0.39, 0.29) is 29.0 Å². The molecule has 1 fully saturated rings. The average molecular weight is 426 g/mol. The zero-order valence-electron chi connectivity index (χ0n) is 17.3. The Bertz CT molecular complexity index is 1040. The Morgan fingerprint density at radius 3 is 2.26 bits per heavy atom. The molecule has 1 N–H and O–H groups in total. The number of aryl methyl sites for hydroxylation is 1. The predicted molar refractivity (Wildman–Crippen MR) is 114 cm³/mol. The second-order valence-corrected chi connectivity index (χ2v) is 8.23. The number of aliphatic hydroxyl groups excluding tert-OH is 1. The molecule has 1 saturated carbocycles. The highest BCUT2D eigenvalue weighted by molar-refractivity contribution is 5.64. The second kappa shape index (κ2) is 9.15. The fourth-order valence-electron chi connectivity index (χ4n) is 4.32. The number of ether oxygens (including phenoxy) is 1. The van der Waals surface area contributed by atoms with E-state index in [1.807, 2.05) is 6.07 Å². The van der Waals surface area contributed by atoms with Gasteiger partial charge in [0, 0.05) is 17.5 Å². The minimum atomic E-state index is -1.06. The molecule has 0 amide bonds. The van der Waals surface area contributed by atoms with Crippen molar-refractivity contribution in [3.05, 3.63) is 89.2 Å². The molecule has 4 rings (SSSR count). The molecule has 0 saturated heterocycles. The van der Waals surface area contributed by atoms with Crippen LogP contribution >= 0.6 is 0 Å². The van der Waals surface area contributed by atoms with Crippen molar-refractivity contribution < 1.29 is 23.0 Å². The van der Waals surface area contributed by atoms with Gasteiger partial charge in [-0.05, 0) is 61.3 Å². The van der Waals surface area contributed by atoms with Crippen LogP contribution in [0.25, 0.3) is 11.1 Å². The third kappa shape index (κ3) is 4.62. The normalized spacial score (nSPS) is 19.8. The summed E-state index contributed by atoms with van der Waals surface area (Å²) in [7, 11) is 0. The molecule has 1 unspecified atom stereocenters. The highest BCUT2D eigenvalue weighted by atomic mass is 19.2. The third-order valence-corrected chi connectivity index (χ3v) is 6.21. The lowest BCUT2D eigenvalue weighted by Crippen LogP contribution is -2.30. The highest BCUT2D eigenvalue weighted by Gasteiger charge is 2.30. The molecule has 0 bridgehead atoms. The SMILES string of the molecule is Cc1ccc(OC(O)C2CCC(c3ccc(-c4ccccc4)c(F)c3F)CC2)cc1F. The number of hydrogen-bond donors (Lipinski definition) is 1. The van der Waals surface area contributed by atoms with E-state index in [2.05, 4.69) is 0 Å². The van der Waals surface area contributed by atoms with E-state index in [1.54, 1.807) is 55.5 Å². The van der Waals surface area contributed by atoms with Crippen LogP contribution in [0.1, 0.15) is 42.7 Å². The predicted octanol–water partition coefficient (Wildman–Crippen LogP) is 6.75. The Morgan fingerprint density at radius 2 is 1.58 bits per heavy atom. The minimum absolute atomic E-state index is 0.111. The summed E-state index contributed by atoms with van der Waals surface area (Å²) in [6.07, 6.45) is 1.40. The molecule has 162 valence electrons. The maximum Gasteiger partial charge on any atom is 0.200 e. The van der Waals surface area contributed by atoms with Crippen molar-refractivity contribution in [2.75, 3.05) is 0 Å². The van der Waals surface area contributed by atoms with Gasteiger partial charge in [0.2, 0.25) is 0 Å². The van der Waals surface area contributed by atoms with E-state index in [1.165, 1.54) is 6.07 Å². The molecule has 3 aromatic carbocycles. The Balaban J connectivity index is 1.41. The Hall–Kier alpha value is -2.79. The van der Waals surface area contributed by atoms with Gasteiger partial charge in [0.1, 0.15) is 11.6 Å². The quantitative estimate of drug-likeness (QED) is 0.457. The molecule has 1 aliphatic rings. The van der Waals surface area contributed by atoms with Gasteiger partial charge in [0.15, 0.2) is 17.9 Å². The van der Waals surface area contributed by atoms with Crippen molar-refractivity contribution in [3.63, 3.8) is 0 Å². The third-order valence-electron chi connectivity index (χ3n) is 6.21. The number of halogens is 3. The zero-order valence-corrected chi connectivity index (χ0v) is 17.3. The first kappa shape index (κ1) is 21.4. The number of aliphatic hydroxyl groups is 1. The van der Waals surface area contributed by atoms with Crippen LogP contribution in [0.15, 0.2) is 60.7 Å². The second-order valence-electron chi connectivity index (χ2n) is 8.23. The summed E-state index contributed by atoms with van der Waals surface area (Å²) in [5, 5.41) is 10.4. The summed E-state index contributed by atoms with van der Waals surface area (Å²) in [6.45, 7) is 1.66. The van der Waals surface area contributed by atoms with Crippen molar-refractivity contribution in [1.29, 1.82) is 0 Å². The molecular formula is C26H25F3O2. The lowest BCUT2D eigenvalue weighted by Gasteiger charge is -2.32. The first-order valence-corrected chi connectivity index (χ1v) is 10.6. The van der Waals surface area contributed by atoms with Crippen LogP contribution in [0, 0.1) is 30.3 Å². The van der Waals surface area contributed by atoms with E-state index in [0.29, 0.717) is 42.4 Å². The van der Waals surface area contributed by atoms with Crippen molar-refractivity contribution in [3.8, 4) is 16.9 Å². The Kier molecular flexibility index (Phi) is 6.33. The van der Waals surface area contributed by atoms with E-state index < -0.39 is 17.9 Å². The van der Waals surface area contributed by atoms with Crippen molar-refractivity contribution in [2.45, 2.75) is 44.8 Å². The fraction of sp³-hybridized carbons (Fsp3) is 0.308. The molecule has 1 aliphatic carbocycles. The van der Waals surface area contributed by atoms with Crippen molar-refractivity contribution in [2.24, 2.45) is 5.92 Å². The number of rotatable bonds is 5. The molecular weight excluding hydrogens is 401 g/mol. The van der Waals surface area contributed by atoms with Crippen molar-refractivity contribution >= 4 is 0 Å². The van der Waals surface area contributed by atoms with Gasteiger partial charge < -0.3 is 9.84 Å². The highest BCUT2D eigenvalue weighted by Crippen LogP contribution is 2.40. The van der Waals surface area contributed by atoms with Gasteiger partial charge in [0.05, 0.1) is 0 Å². The maximum atomic E-state index is 14.9. The summed E-state index contributed by atoms with van der Waals surface area (Å²) in [6, 6.07) is 16.7. The van der Waals surface area contributed by atoms with Crippen molar-refractivity contribution in [1.82, 2.24) is 0 Å². The lowest BCUT2D eigenvalue weighted by atomic mass is 9.78. The molecule has 0 aliphatic heterocycles. The van der Waals surface area contributed by atoms with Crippen LogP contribution in [-0.4, -0.2) is 11.4 Å².